The standard InChI is InChI=1S/C18H22N2O4S/c1-14(2)23-15-6-8-17(9-7-15)25(21,22)20-12-10-16(13-20)24-18-5-3-4-11-19-18/h3-9,11,14,16H,10,12-13H2,1-2H3. The zero-order valence-corrected chi connectivity index (χ0v) is 15.1. The van der Waals surface area contributed by atoms with Crippen molar-refractivity contribution in [3.8, 4) is 11.6 Å². The summed E-state index contributed by atoms with van der Waals surface area (Å²) < 4.78 is 38.3. The lowest BCUT2D eigenvalue weighted by molar-refractivity contribution is 0.207. The Morgan fingerprint density at radius 2 is 1.92 bits per heavy atom. The molecule has 2 heterocycles. The molecule has 3 rings (SSSR count). The van der Waals surface area contributed by atoms with Crippen molar-refractivity contribution in [3.63, 3.8) is 0 Å². The summed E-state index contributed by atoms with van der Waals surface area (Å²) in [5.41, 5.74) is 0. The van der Waals surface area contributed by atoms with Gasteiger partial charge in [-0.2, -0.15) is 4.31 Å². The van der Waals surface area contributed by atoms with E-state index < -0.39 is 10.0 Å². The summed E-state index contributed by atoms with van der Waals surface area (Å²) in [5.74, 6) is 1.17. The van der Waals surface area contributed by atoms with Gasteiger partial charge in [-0.05, 0) is 50.6 Å². The Balaban J connectivity index is 1.66. The number of ether oxygens (including phenoxy) is 2. The third-order valence-electron chi connectivity index (χ3n) is 3.87. The van der Waals surface area contributed by atoms with Crippen molar-refractivity contribution < 1.29 is 17.9 Å². The molecule has 134 valence electrons. The number of hydrogen-bond donors (Lipinski definition) is 0. The summed E-state index contributed by atoms with van der Waals surface area (Å²) in [6.07, 6.45) is 2.16. The van der Waals surface area contributed by atoms with Crippen LogP contribution in [-0.2, 0) is 10.0 Å². The van der Waals surface area contributed by atoms with Gasteiger partial charge in [0.25, 0.3) is 0 Å². The highest BCUT2D eigenvalue weighted by atomic mass is 32.2. The lowest BCUT2D eigenvalue weighted by atomic mass is 10.3. The largest absolute Gasteiger partial charge is 0.491 e. The van der Waals surface area contributed by atoms with E-state index in [1.54, 1.807) is 36.5 Å². The lowest BCUT2D eigenvalue weighted by Gasteiger charge is -2.17. The van der Waals surface area contributed by atoms with Gasteiger partial charge in [0.1, 0.15) is 11.9 Å². The number of aromatic nitrogens is 1. The Labute approximate surface area is 148 Å². The Morgan fingerprint density at radius 3 is 2.56 bits per heavy atom. The maximum absolute atomic E-state index is 12.8. The zero-order valence-electron chi connectivity index (χ0n) is 14.3. The average molecular weight is 362 g/mol. The summed E-state index contributed by atoms with van der Waals surface area (Å²) in [7, 11) is -3.53. The normalized spacial score (nSPS) is 18.4. The van der Waals surface area contributed by atoms with E-state index in [9.17, 15) is 8.42 Å². The summed E-state index contributed by atoms with van der Waals surface area (Å²) in [5, 5.41) is 0. The van der Waals surface area contributed by atoms with Gasteiger partial charge in [-0.1, -0.05) is 6.07 Å². The van der Waals surface area contributed by atoms with Crippen LogP contribution in [0.15, 0.2) is 53.6 Å². The Bertz CT molecular complexity index is 792. The molecule has 1 fully saturated rings. The van der Waals surface area contributed by atoms with Crippen LogP contribution in [0.2, 0.25) is 0 Å². The number of sulfonamides is 1. The van der Waals surface area contributed by atoms with Gasteiger partial charge in [0.2, 0.25) is 15.9 Å². The van der Waals surface area contributed by atoms with Gasteiger partial charge in [0, 0.05) is 18.8 Å². The SMILES string of the molecule is CC(C)Oc1ccc(S(=O)(=O)N2CCC(Oc3ccccn3)C2)cc1. The monoisotopic (exact) mass is 362 g/mol. The maximum atomic E-state index is 12.8. The van der Waals surface area contributed by atoms with Gasteiger partial charge in [-0.25, -0.2) is 13.4 Å². The first-order valence-electron chi connectivity index (χ1n) is 8.30. The molecule has 0 saturated carbocycles. The van der Waals surface area contributed by atoms with Crippen molar-refractivity contribution in [1.29, 1.82) is 0 Å². The van der Waals surface area contributed by atoms with Crippen LogP contribution in [-0.4, -0.2) is 43.0 Å². The minimum atomic E-state index is -3.53. The fraction of sp³-hybridized carbons (Fsp3) is 0.389. The minimum absolute atomic E-state index is 0.0468. The quantitative estimate of drug-likeness (QED) is 0.790. The molecule has 0 radical (unpaired) electrons. The molecular weight excluding hydrogens is 340 g/mol. The molecular formula is C18H22N2O4S. The van der Waals surface area contributed by atoms with Crippen molar-refractivity contribution in [2.24, 2.45) is 0 Å². The van der Waals surface area contributed by atoms with Crippen LogP contribution in [0.4, 0.5) is 0 Å². The van der Waals surface area contributed by atoms with Crippen LogP contribution in [0, 0.1) is 0 Å². The first kappa shape index (κ1) is 17.7. The van der Waals surface area contributed by atoms with Gasteiger partial charge < -0.3 is 9.47 Å². The molecule has 25 heavy (non-hydrogen) atoms. The summed E-state index contributed by atoms with van der Waals surface area (Å²) in [4.78, 5) is 4.38. The smallest absolute Gasteiger partial charge is 0.243 e. The highest BCUT2D eigenvalue weighted by Gasteiger charge is 2.33. The van der Waals surface area contributed by atoms with E-state index in [1.807, 2.05) is 26.0 Å². The van der Waals surface area contributed by atoms with Crippen LogP contribution < -0.4 is 9.47 Å². The molecule has 1 aliphatic rings. The third kappa shape index (κ3) is 4.29. The molecule has 0 bridgehead atoms. The van der Waals surface area contributed by atoms with Crippen LogP contribution in [0.3, 0.4) is 0 Å². The van der Waals surface area contributed by atoms with E-state index in [4.69, 9.17) is 9.47 Å². The number of benzene rings is 1. The van der Waals surface area contributed by atoms with Gasteiger partial charge in [0.15, 0.2) is 0 Å². The predicted octanol–water partition coefficient (Wildman–Crippen LogP) is 2.71. The van der Waals surface area contributed by atoms with E-state index >= 15 is 0 Å². The van der Waals surface area contributed by atoms with Gasteiger partial charge in [0.05, 0.1) is 17.5 Å². The van der Waals surface area contributed by atoms with Gasteiger partial charge in [-0.3, -0.25) is 0 Å². The average Bonchev–Trinajstić information content (AvgIpc) is 3.05. The van der Waals surface area contributed by atoms with E-state index in [1.165, 1.54) is 4.31 Å². The molecule has 0 spiro atoms. The van der Waals surface area contributed by atoms with Crippen LogP contribution >= 0.6 is 0 Å². The topological polar surface area (TPSA) is 68.7 Å². The number of pyridine rings is 1. The molecule has 0 aliphatic carbocycles. The second-order valence-corrected chi connectivity index (χ2v) is 8.14. The van der Waals surface area contributed by atoms with E-state index in [0.717, 1.165) is 0 Å². The first-order valence-corrected chi connectivity index (χ1v) is 9.74. The third-order valence-corrected chi connectivity index (χ3v) is 5.75. The maximum Gasteiger partial charge on any atom is 0.243 e. The van der Waals surface area contributed by atoms with Crippen LogP contribution in [0.1, 0.15) is 20.3 Å². The van der Waals surface area contributed by atoms with Crippen molar-refractivity contribution in [2.75, 3.05) is 13.1 Å². The predicted molar refractivity (Wildman–Crippen MR) is 94.2 cm³/mol. The van der Waals surface area contributed by atoms with Crippen LogP contribution in [0.25, 0.3) is 0 Å². The molecule has 1 aliphatic heterocycles. The van der Waals surface area contributed by atoms with Crippen molar-refractivity contribution in [2.45, 2.75) is 37.4 Å². The molecule has 1 aromatic heterocycles. The summed E-state index contributed by atoms with van der Waals surface area (Å²) in [6.45, 7) is 4.61. The second kappa shape index (κ2) is 7.41. The zero-order chi connectivity index (χ0) is 17.9. The Hall–Kier alpha value is -2.12. The van der Waals surface area contributed by atoms with Crippen molar-refractivity contribution in [1.82, 2.24) is 9.29 Å². The van der Waals surface area contributed by atoms with Gasteiger partial charge in [-0.15, -0.1) is 0 Å². The fourth-order valence-corrected chi connectivity index (χ4v) is 4.20. The van der Waals surface area contributed by atoms with Gasteiger partial charge >= 0.3 is 0 Å². The molecule has 1 unspecified atom stereocenters. The highest BCUT2D eigenvalue weighted by molar-refractivity contribution is 7.89. The summed E-state index contributed by atoms with van der Waals surface area (Å²) in [6, 6.07) is 12.0. The molecule has 0 N–H and O–H groups in total. The molecule has 1 saturated heterocycles. The number of rotatable bonds is 6. The van der Waals surface area contributed by atoms with E-state index in [-0.39, 0.29) is 17.1 Å². The van der Waals surface area contributed by atoms with E-state index in [2.05, 4.69) is 4.98 Å². The number of nitrogens with zero attached hydrogens (tertiary/aromatic N) is 2. The molecule has 7 heteroatoms. The van der Waals surface area contributed by atoms with Crippen molar-refractivity contribution >= 4 is 10.0 Å². The highest BCUT2D eigenvalue weighted by Crippen LogP contribution is 2.25. The lowest BCUT2D eigenvalue weighted by Crippen LogP contribution is -2.31. The number of hydrogen-bond acceptors (Lipinski definition) is 5. The Kier molecular flexibility index (Phi) is 5.24. The second-order valence-electron chi connectivity index (χ2n) is 6.20. The van der Waals surface area contributed by atoms with E-state index in [0.29, 0.717) is 31.1 Å². The molecule has 1 atom stereocenters. The van der Waals surface area contributed by atoms with Crippen LogP contribution in [0.5, 0.6) is 11.6 Å². The first-order chi connectivity index (χ1) is 11.9. The molecule has 0 amide bonds. The van der Waals surface area contributed by atoms with Crippen molar-refractivity contribution in [3.05, 3.63) is 48.7 Å². The molecule has 1 aromatic carbocycles. The fourth-order valence-electron chi connectivity index (χ4n) is 2.71. The molecule has 2 aromatic rings. The Morgan fingerprint density at radius 1 is 1.16 bits per heavy atom. The minimum Gasteiger partial charge on any atom is -0.491 e. The molecule has 6 nitrogen and oxygen atoms in total. The summed E-state index contributed by atoms with van der Waals surface area (Å²) >= 11 is 0.